The van der Waals surface area contributed by atoms with Gasteiger partial charge >= 0.3 is 18.2 Å². The summed E-state index contributed by atoms with van der Waals surface area (Å²) in [7, 11) is 2.98. The molecule has 15 heteroatoms. The number of hydrogen-bond acceptors (Lipinski definition) is 11. The fourth-order valence-electron chi connectivity index (χ4n) is 6.01. The van der Waals surface area contributed by atoms with Gasteiger partial charge in [0.15, 0.2) is 0 Å². The third-order valence-electron chi connectivity index (χ3n) is 8.75. The molecule has 0 saturated heterocycles. The van der Waals surface area contributed by atoms with Crippen LogP contribution in [-0.2, 0) is 44.5 Å². The van der Waals surface area contributed by atoms with Gasteiger partial charge in [-0.15, -0.1) is 0 Å². The first-order valence-electron chi connectivity index (χ1n) is 18.3. The van der Waals surface area contributed by atoms with E-state index >= 15 is 0 Å². The molecule has 1 aliphatic rings. The van der Waals surface area contributed by atoms with Crippen molar-refractivity contribution in [2.75, 3.05) is 53.7 Å². The predicted octanol–water partition coefficient (Wildman–Crippen LogP) is 3.35. The van der Waals surface area contributed by atoms with Crippen LogP contribution in [0.15, 0.2) is 30.3 Å². The van der Waals surface area contributed by atoms with Gasteiger partial charge in [-0.1, -0.05) is 77.3 Å². The third-order valence-corrected chi connectivity index (χ3v) is 8.75. The summed E-state index contributed by atoms with van der Waals surface area (Å²) in [5, 5.41) is 10.1. The Morgan fingerprint density at radius 2 is 1.29 bits per heavy atom. The van der Waals surface area contributed by atoms with Gasteiger partial charge in [0, 0.05) is 27.7 Å². The Balaban J connectivity index is 2.42. The molecule has 4 amide bonds. The Kier molecular flexibility index (Phi) is 20.7. The SMILES string of the molecule is COCCOC(=O)N[C@H](C(=O)N[C@@H](Cc1ccccc1)[C@H](CN(CC1CCCCC1)NC(=O)[C@@H](NC(=O)OCCOC)C(C)C)OC(C)=O)C(C)C. The normalized spacial score (nSPS) is 15.7. The van der Waals surface area contributed by atoms with Crippen LogP contribution < -0.4 is 21.4 Å². The van der Waals surface area contributed by atoms with E-state index < -0.39 is 54.2 Å². The van der Waals surface area contributed by atoms with Crippen molar-refractivity contribution in [1.29, 1.82) is 0 Å². The molecule has 0 bridgehead atoms. The molecule has 1 saturated carbocycles. The molecule has 0 spiro atoms. The number of carbonyl (C=O) groups excluding carboxylic acids is 5. The van der Waals surface area contributed by atoms with Crippen molar-refractivity contribution < 1.29 is 47.7 Å². The fourth-order valence-corrected chi connectivity index (χ4v) is 6.01. The maximum atomic E-state index is 13.9. The molecule has 0 heterocycles. The molecule has 1 aromatic carbocycles. The molecule has 0 radical (unpaired) electrons. The first-order chi connectivity index (χ1) is 24.8. The zero-order valence-corrected chi connectivity index (χ0v) is 31.9. The molecule has 0 unspecified atom stereocenters. The Morgan fingerprint density at radius 1 is 0.750 bits per heavy atom. The van der Waals surface area contributed by atoms with Crippen LogP contribution in [0, 0.1) is 17.8 Å². The highest BCUT2D eigenvalue weighted by Gasteiger charge is 2.35. The number of carbonyl (C=O) groups is 5. The highest BCUT2D eigenvalue weighted by molar-refractivity contribution is 5.86. The van der Waals surface area contributed by atoms with Gasteiger partial charge in [-0.3, -0.25) is 19.8 Å². The molecule has 0 aliphatic heterocycles. The molecule has 1 fully saturated rings. The molecule has 1 aliphatic carbocycles. The number of nitrogens with one attached hydrogen (secondary N) is 4. The number of methoxy groups -OCH3 is 2. The van der Waals surface area contributed by atoms with Crippen molar-refractivity contribution in [3.8, 4) is 0 Å². The van der Waals surface area contributed by atoms with Crippen molar-refractivity contribution in [3.05, 3.63) is 35.9 Å². The lowest BCUT2D eigenvalue weighted by Crippen LogP contribution is -2.60. The van der Waals surface area contributed by atoms with E-state index in [2.05, 4.69) is 21.4 Å². The van der Waals surface area contributed by atoms with Gasteiger partial charge in [0.2, 0.25) is 5.91 Å². The minimum atomic E-state index is -0.967. The van der Waals surface area contributed by atoms with Gasteiger partial charge in [-0.05, 0) is 42.6 Å². The van der Waals surface area contributed by atoms with Crippen LogP contribution in [0.1, 0.15) is 72.3 Å². The second kappa shape index (κ2) is 24.3. The van der Waals surface area contributed by atoms with Crippen LogP contribution in [0.5, 0.6) is 0 Å². The Morgan fingerprint density at radius 3 is 1.79 bits per heavy atom. The summed E-state index contributed by atoms with van der Waals surface area (Å²) in [5.41, 5.74) is 3.87. The van der Waals surface area contributed by atoms with Crippen LogP contribution in [0.4, 0.5) is 9.59 Å². The number of nitrogens with zero attached hydrogens (tertiary/aromatic N) is 1. The Hall–Kier alpha value is -3.95. The van der Waals surface area contributed by atoms with Crippen molar-refractivity contribution in [3.63, 3.8) is 0 Å². The van der Waals surface area contributed by atoms with Gasteiger partial charge in [-0.25, -0.2) is 14.6 Å². The molecular formula is C37H61N5O10. The van der Waals surface area contributed by atoms with E-state index in [1.165, 1.54) is 21.1 Å². The number of ether oxygens (including phenoxy) is 5. The van der Waals surface area contributed by atoms with E-state index in [0.29, 0.717) is 6.54 Å². The van der Waals surface area contributed by atoms with Gasteiger partial charge in [-0.2, -0.15) is 0 Å². The van der Waals surface area contributed by atoms with Crippen LogP contribution in [-0.4, -0.2) is 113 Å². The monoisotopic (exact) mass is 735 g/mol. The maximum absolute atomic E-state index is 13.9. The number of alkyl carbamates (subject to hydrolysis) is 2. The lowest BCUT2D eigenvalue weighted by Gasteiger charge is -2.36. The number of amides is 4. The second-order valence-electron chi connectivity index (χ2n) is 13.8. The van der Waals surface area contributed by atoms with Crippen molar-refractivity contribution in [1.82, 2.24) is 26.4 Å². The fraction of sp³-hybridized carbons (Fsp3) is 0.703. The van der Waals surface area contributed by atoms with Gasteiger partial charge in [0.1, 0.15) is 31.4 Å². The minimum absolute atomic E-state index is 0.0185. The maximum Gasteiger partial charge on any atom is 0.407 e. The van der Waals surface area contributed by atoms with E-state index in [1.54, 1.807) is 18.9 Å². The van der Waals surface area contributed by atoms with Crippen molar-refractivity contribution in [2.24, 2.45) is 17.8 Å². The molecule has 0 aromatic heterocycles. The number of hydrogen-bond donors (Lipinski definition) is 4. The number of esters is 1. The number of benzene rings is 1. The standard InChI is InChI=1S/C37H61N5O10/c1-25(2)32(39-36(46)50-20-18-48-6)34(44)38-30(22-28-14-10-8-11-15-28)31(52-27(5)43)24-42(23-29-16-12-9-13-17-29)41-35(45)33(26(3)4)40-37(47)51-21-19-49-7/h8,10-11,14-15,25-26,29-33H,9,12-13,16-24H2,1-7H3,(H,38,44)(H,39,46)(H,40,47)(H,41,45)/t30-,31-,32-,33-/m0/s1. The predicted molar refractivity (Wildman–Crippen MR) is 194 cm³/mol. The van der Waals surface area contributed by atoms with E-state index in [-0.39, 0.29) is 57.1 Å². The third kappa shape index (κ3) is 17.0. The van der Waals surface area contributed by atoms with Crippen LogP contribution in [0.2, 0.25) is 0 Å². The van der Waals surface area contributed by atoms with Gasteiger partial charge < -0.3 is 39.6 Å². The number of hydrazine groups is 1. The summed E-state index contributed by atoms with van der Waals surface area (Å²) in [6.45, 7) is 9.46. The van der Waals surface area contributed by atoms with Crippen molar-refractivity contribution in [2.45, 2.75) is 97.4 Å². The topological polar surface area (TPSA) is 183 Å². The van der Waals surface area contributed by atoms with E-state index in [0.717, 1.165) is 37.7 Å². The lowest BCUT2D eigenvalue weighted by atomic mass is 9.89. The molecule has 4 atom stereocenters. The average Bonchev–Trinajstić information content (AvgIpc) is 3.09. The van der Waals surface area contributed by atoms with Crippen LogP contribution in [0.25, 0.3) is 0 Å². The largest absolute Gasteiger partial charge is 0.459 e. The summed E-state index contributed by atoms with van der Waals surface area (Å²) in [6, 6.07) is 6.76. The Labute approximate surface area is 308 Å². The smallest absolute Gasteiger partial charge is 0.407 e. The zero-order valence-electron chi connectivity index (χ0n) is 31.9. The summed E-state index contributed by atoms with van der Waals surface area (Å²) < 4.78 is 26.1. The minimum Gasteiger partial charge on any atom is -0.459 e. The summed E-state index contributed by atoms with van der Waals surface area (Å²) in [4.78, 5) is 65.4. The van der Waals surface area contributed by atoms with Gasteiger partial charge in [0.25, 0.3) is 5.91 Å². The molecular weight excluding hydrogens is 674 g/mol. The van der Waals surface area contributed by atoms with E-state index in [9.17, 15) is 24.0 Å². The van der Waals surface area contributed by atoms with E-state index in [4.69, 9.17) is 23.7 Å². The average molecular weight is 736 g/mol. The van der Waals surface area contributed by atoms with Gasteiger partial charge in [0.05, 0.1) is 25.8 Å². The molecule has 1 aromatic rings. The quantitative estimate of drug-likeness (QED) is 0.0593. The zero-order chi connectivity index (χ0) is 38.5. The van der Waals surface area contributed by atoms with Crippen LogP contribution in [0.3, 0.4) is 0 Å². The second-order valence-corrected chi connectivity index (χ2v) is 13.8. The molecule has 2 rings (SSSR count). The number of rotatable bonds is 22. The molecule has 15 nitrogen and oxygen atoms in total. The summed E-state index contributed by atoms with van der Waals surface area (Å²) in [5.74, 6) is -1.86. The molecule has 294 valence electrons. The van der Waals surface area contributed by atoms with Crippen LogP contribution >= 0.6 is 0 Å². The Bertz CT molecular complexity index is 1230. The highest BCUT2D eigenvalue weighted by atomic mass is 16.6. The molecule has 52 heavy (non-hydrogen) atoms. The summed E-state index contributed by atoms with van der Waals surface area (Å²) in [6.07, 6.45) is 3.03. The lowest BCUT2D eigenvalue weighted by molar-refractivity contribution is -0.151. The summed E-state index contributed by atoms with van der Waals surface area (Å²) >= 11 is 0. The highest BCUT2D eigenvalue weighted by Crippen LogP contribution is 2.25. The first-order valence-corrected chi connectivity index (χ1v) is 18.3. The molecule has 4 N–H and O–H groups in total. The van der Waals surface area contributed by atoms with E-state index in [1.807, 2.05) is 44.2 Å². The first kappa shape index (κ1) is 44.2. The van der Waals surface area contributed by atoms with Crippen molar-refractivity contribution >= 4 is 30.0 Å².